The zero-order valence-corrected chi connectivity index (χ0v) is 24.7. The molecule has 2 heterocycles. The molecule has 1 fully saturated rings. The molecule has 0 unspecified atom stereocenters. The number of carbonyl (C=O) groups excluding carboxylic acids is 2. The van der Waals surface area contributed by atoms with E-state index in [1.807, 2.05) is 6.92 Å². The van der Waals surface area contributed by atoms with Crippen LogP contribution in [-0.2, 0) is 11.8 Å². The third-order valence-corrected chi connectivity index (χ3v) is 8.29. The van der Waals surface area contributed by atoms with Crippen LogP contribution in [0.4, 0.5) is 14.5 Å². The van der Waals surface area contributed by atoms with Crippen LogP contribution in [0.5, 0.6) is 0 Å². The van der Waals surface area contributed by atoms with E-state index in [1.165, 1.54) is 35.1 Å². The van der Waals surface area contributed by atoms with E-state index in [2.05, 4.69) is 42.0 Å². The molecule has 5 rings (SSSR count). The topological polar surface area (TPSA) is 107 Å². The third kappa shape index (κ3) is 5.52. The maximum atomic E-state index is 14.9. The summed E-state index contributed by atoms with van der Waals surface area (Å²) in [6, 6.07) is 8.44. The van der Waals surface area contributed by atoms with Crippen LogP contribution < -0.4 is 10.6 Å². The molecule has 2 aromatic heterocycles. The van der Waals surface area contributed by atoms with Crippen molar-refractivity contribution in [3.8, 4) is 11.3 Å². The first-order valence-corrected chi connectivity index (χ1v) is 14.1. The summed E-state index contributed by atoms with van der Waals surface area (Å²) in [5.74, 6) is -1.67. The van der Waals surface area contributed by atoms with E-state index < -0.39 is 23.2 Å². The minimum absolute atomic E-state index is 0.128. The van der Waals surface area contributed by atoms with Gasteiger partial charge in [0.15, 0.2) is 0 Å². The Hall–Kier alpha value is -3.93. The molecule has 1 saturated carbocycles. The normalized spacial score (nSPS) is 15.1. The number of aryl methyl sites for hydroxylation is 2. The monoisotopic (exact) mass is 625 g/mol. The van der Waals surface area contributed by atoms with Crippen LogP contribution in [0.3, 0.4) is 0 Å². The van der Waals surface area contributed by atoms with Crippen molar-refractivity contribution in [1.29, 1.82) is 0 Å². The number of amides is 2. The molecule has 2 N–H and O–H groups in total. The maximum absolute atomic E-state index is 14.9. The number of benzene rings is 2. The van der Waals surface area contributed by atoms with Crippen molar-refractivity contribution in [2.75, 3.05) is 5.32 Å². The third-order valence-electron chi connectivity index (χ3n) is 7.80. The highest BCUT2D eigenvalue weighted by Gasteiger charge is 2.43. The molecule has 0 spiro atoms. The number of nitrogens with zero attached hydrogens (tertiary/aromatic N) is 5. The SMILES string of the molecule is Cc1nn(C)c(C)c1C(=O)NC1(C(=O)Nc2ccc(F)c(-c3cn([C@H](C)c4ccc(Br)cc4F)nn3)c2)CCCC1. The van der Waals surface area contributed by atoms with Crippen molar-refractivity contribution < 1.29 is 18.4 Å². The van der Waals surface area contributed by atoms with E-state index in [9.17, 15) is 18.4 Å². The van der Waals surface area contributed by atoms with Crippen molar-refractivity contribution in [3.63, 3.8) is 0 Å². The summed E-state index contributed by atoms with van der Waals surface area (Å²) in [5, 5.41) is 18.4. The van der Waals surface area contributed by atoms with Gasteiger partial charge in [-0.1, -0.05) is 40.1 Å². The van der Waals surface area contributed by atoms with Crippen LogP contribution in [0.15, 0.2) is 47.1 Å². The van der Waals surface area contributed by atoms with Crippen molar-refractivity contribution in [2.45, 2.75) is 58.0 Å². The number of halogens is 3. The summed E-state index contributed by atoms with van der Waals surface area (Å²) in [4.78, 5) is 26.9. The Balaban J connectivity index is 1.37. The van der Waals surface area contributed by atoms with Gasteiger partial charge in [-0.15, -0.1) is 5.10 Å². The first kappa shape index (κ1) is 28.6. The quantitative estimate of drug-likeness (QED) is 0.277. The van der Waals surface area contributed by atoms with E-state index in [-0.39, 0.29) is 23.1 Å². The van der Waals surface area contributed by atoms with Gasteiger partial charge >= 0.3 is 0 Å². The minimum Gasteiger partial charge on any atom is -0.337 e. The molecule has 4 aromatic rings. The number of hydrogen-bond donors (Lipinski definition) is 2. The molecule has 41 heavy (non-hydrogen) atoms. The van der Waals surface area contributed by atoms with Gasteiger partial charge in [0.05, 0.1) is 23.5 Å². The Bertz CT molecular complexity index is 1640. The molecule has 1 aliphatic rings. The second-order valence-corrected chi connectivity index (χ2v) is 11.4. The molecule has 214 valence electrons. The molecular weight excluding hydrogens is 596 g/mol. The van der Waals surface area contributed by atoms with Crippen LogP contribution in [-0.4, -0.2) is 42.1 Å². The molecule has 2 aromatic carbocycles. The lowest BCUT2D eigenvalue weighted by Gasteiger charge is -2.29. The summed E-state index contributed by atoms with van der Waals surface area (Å²) in [7, 11) is 1.77. The largest absolute Gasteiger partial charge is 0.337 e. The summed E-state index contributed by atoms with van der Waals surface area (Å²) in [5.41, 5.74) is 1.77. The van der Waals surface area contributed by atoms with Crippen molar-refractivity contribution in [3.05, 3.63) is 81.2 Å². The summed E-state index contributed by atoms with van der Waals surface area (Å²) < 4.78 is 33.1. The Morgan fingerprint density at radius 3 is 2.46 bits per heavy atom. The van der Waals surface area contributed by atoms with Crippen molar-refractivity contribution in [1.82, 2.24) is 30.1 Å². The lowest BCUT2D eigenvalue weighted by molar-refractivity contribution is -0.122. The predicted molar refractivity (Wildman–Crippen MR) is 153 cm³/mol. The average Bonchev–Trinajstić information content (AvgIpc) is 3.65. The van der Waals surface area contributed by atoms with E-state index in [4.69, 9.17) is 0 Å². The molecule has 1 atom stereocenters. The fourth-order valence-electron chi connectivity index (χ4n) is 5.39. The standard InChI is InChI=1S/C29H30BrF2N7O2/c1-16-26(18(3)38(4)36-16)27(40)34-29(11-5-6-12-29)28(41)33-20-8-10-23(31)22(14-20)25-15-39(37-35-25)17(2)21-9-7-19(30)13-24(21)32/h7-10,13-15,17H,5-6,11-12H2,1-4H3,(H,33,41)(H,34,40)/t17-/m1/s1. The Morgan fingerprint density at radius 1 is 1.07 bits per heavy atom. The molecule has 2 amide bonds. The van der Waals surface area contributed by atoms with Crippen LogP contribution >= 0.6 is 15.9 Å². The molecule has 1 aliphatic carbocycles. The van der Waals surface area contributed by atoms with E-state index in [0.29, 0.717) is 45.5 Å². The second kappa shape index (κ2) is 11.2. The van der Waals surface area contributed by atoms with Gasteiger partial charge in [-0.25, -0.2) is 13.5 Å². The molecular formula is C29H30BrF2N7O2. The van der Waals surface area contributed by atoms with Crippen LogP contribution in [0, 0.1) is 25.5 Å². The number of nitrogens with one attached hydrogen (secondary N) is 2. The van der Waals surface area contributed by atoms with Gasteiger partial charge in [-0.2, -0.15) is 5.10 Å². The first-order chi connectivity index (χ1) is 19.5. The molecule has 0 saturated heterocycles. The molecule has 0 aliphatic heterocycles. The molecule has 9 nitrogen and oxygen atoms in total. The lowest BCUT2D eigenvalue weighted by Crippen LogP contribution is -2.55. The number of aromatic nitrogens is 5. The number of hydrogen-bond acceptors (Lipinski definition) is 5. The number of rotatable bonds is 7. The number of carbonyl (C=O) groups is 2. The fraction of sp³-hybridized carbons (Fsp3) is 0.345. The Labute approximate surface area is 244 Å². The highest BCUT2D eigenvalue weighted by Crippen LogP contribution is 2.33. The molecule has 0 radical (unpaired) electrons. The van der Waals surface area contributed by atoms with Gasteiger partial charge in [0, 0.05) is 34.0 Å². The number of anilines is 1. The van der Waals surface area contributed by atoms with Crippen LogP contribution in [0.2, 0.25) is 0 Å². The van der Waals surface area contributed by atoms with Gasteiger partial charge in [-0.05, 0) is 63.9 Å². The fourth-order valence-corrected chi connectivity index (χ4v) is 5.72. The van der Waals surface area contributed by atoms with Crippen molar-refractivity contribution in [2.24, 2.45) is 7.05 Å². The highest BCUT2D eigenvalue weighted by atomic mass is 79.9. The van der Waals surface area contributed by atoms with Crippen molar-refractivity contribution >= 4 is 33.4 Å². The van der Waals surface area contributed by atoms with Gasteiger partial charge in [0.2, 0.25) is 5.91 Å². The van der Waals surface area contributed by atoms with Crippen LogP contribution in [0.1, 0.15) is 66.0 Å². The summed E-state index contributed by atoms with van der Waals surface area (Å²) in [6.07, 6.45) is 4.07. The summed E-state index contributed by atoms with van der Waals surface area (Å²) in [6.45, 7) is 5.33. The summed E-state index contributed by atoms with van der Waals surface area (Å²) >= 11 is 3.25. The first-order valence-electron chi connectivity index (χ1n) is 13.3. The molecule has 12 heteroatoms. The average molecular weight is 627 g/mol. The molecule has 0 bridgehead atoms. The maximum Gasteiger partial charge on any atom is 0.255 e. The zero-order chi connectivity index (χ0) is 29.5. The van der Waals surface area contributed by atoms with E-state index in [0.717, 1.165) is 12.8 Å². The predicted octanol–water partition coefficient (Wildman–Crippen LogP) is 5.63. The second-order valence-electron chi connectivity index (χ2n) is 10.5. The minimum atomic E-state index is -1.10. The van der Waals surface area contributed by atoms with E-state index in [1.54, 1.807) is 37.7 Å². The van der Waals surface area contributed by atoms with E-state index >= 15 is 0 Å². The van der Waals surface area contributed by atoms with Gasteiger partial charge < -0.3 is 10.6 Å². The Morgan fingerprint density at radius 2 is 1.80 bits per heavy atom. The van der Waals surface area contributed by atoms with Gasteiger partial charge in [0.25, 0.3) is 5.91 Å². The van der Waals surface area contributed by atoms with Gasteiger partial charge in [-0.3, -0.25) is 14.3 Å². The highest BCUT2D eigenvalue weighted by molar-refractivity contribution is 9.10. The Kier molecular flexibility index (Phi) is 7.78. The van der Waals surface area contributed by atoms with Gasteiger partial charge in [0.1, 0.15) is 22.9 Å². The smallest absolute Gasteiger partial charge is 0.255 e. The lowest BCUT2D eigenvalue weighted by atomic mass is 9.95. The van der Waals surface area contributed by atoms with Crippen LogP contribution in [0.25, 0.3) is 11.3 Å². The zero-order valence-electron chi connectivity index (χ0n) is 23.1.